The number of methoxy groups -OCH3 is 2. The van der Waals surface area contributed by atoms with Gasteiger partial charge in [0.25, 0.3) is 0 Å². The molecule has 0 saturated heterocycles. The van der Waals surface area contributed by atoms with Crippen molar-refractivity contribution in [1.29, 1.82) is 0 Å². The average Bonchev–Trinajstić information content (AvgIpc) is 2.13. The summed E-state index contributed by atoms with van der Waals surface area (Å²) in [7, 11) is 3.24. The van der Waals surface area contributed by atoms with Crippen LogP contribution in [0.5, 0.6) is 11.5 Å². The van der Waals surface area contributed by atoms with Crippen molar-refractivity contribution in [2.75, 3.05) is 14.2 Å². The van der Waals surface area contributed by atoms with E-state index in [0.717, 1.165) is 20.3 Å². The highest BCUT2D eigenvalue weighted by atomic mass is 79.9. The van der Waals surface area contributed by atoms with Crippen LogP contribution in [0.2, 0.25) is 0 Å². The zero-order valence-corrected chi connectivity index (χ0v) is 10.8. The fourth-order valence-electron chi connectivity index (χ4n) is 1.01. The summed E-state index contributed by atoms with van der Waals surface area (Å²) in [6.45, 7) is 2.00. The highest BCUT2D eigenvalue weighted by Crippen LogP contribution is 2.41. The van der Waals surface area contributed by atoms with Crippen molar-refractivity contribution in [1.82, 2.24) is 0 Å². The first-order chi connectivity index (χ1) is 6.11. The van der Waals surface area contributed by atoms with Gasteiger partial charge in [0, 0.05) is 4.47 Å². The maximum absolute atomic E-state index is 5.21. The first-order valence-corrected chi connectivity index (χ1v) is 5.27. The Morgan fingerprint density at radius 1 is 1.15 bits per heavy atom. The number of hydrogen-bond acceptors (Lipinski definition) is 2. The lowest BCUT2D eigenvalue weighted by Gasteiger charge is -2.12. The Bertz CT molecular complexity index is 324. The van der Waals surface area contributed by atoms with Crippen molar-refractivity contribution < 1.29 is 9.47 Å². The van der Waals surface area contributed by atoms with E-state index in [1.807, 2.05) is 13.0 Å². The molecule has 0 unspecified atom stereocenters. The van der Waals surface area contributed by atoms with Crippen molar-refractivity contribution in [3.05, 3.63) is 20.6 Å². The van der Waals surface area contributed by atoms with E-state index in [1.165, 1.54) is 0 Å². The van der Waals surface area contributed by atoms with Crippen LogP contribution in [0.3, 0.4) is 0 Å². The van der Waals surface area contributed by atoms with Crippen molar-refractivity contribution in [3.63, 3.8) is 0 Å². The van der Waals surface area contributed by atoms with Gasteiger partial charge in [0.1, 0.15) is 0 Å². The Labute approximate surface area is 94.5 Å². The van der Waals surface area contributed by atoms with Gasteiger partial charge in [-0.25, -0.2) is 0 Å². The van der Waals surface area contributed by atoms with E-state index in [-0.39, 0.29) is 0 Å². The Morgan fingerprint density at radius 3 is 2.23 bits per heavy atom. The molecule has 4 heteroatoms. The van der Waals surface area contributed by atoms with Gasteiger partial charge in [-0.3, -0.25) is 0 Å². The summed E-state index contributed by atoms with van der Waals surface area (Å²) in [5, 5.41) is 0. The first kappa shape index (κ1) is 10.9. The van der Waals surface area contributed by atoms with Crippen molar-refractivity contribution in [3.8, 4) is 11.5 Å². The number of hydrogen-bond donors (Lipinski definition) is 0. The number of halogens is 2. The third-order valence-electron chi connectivity index (χ3n) is 1.79. The van der Waals surface area contributed by atoms with Gasteiger partial charge in [0.2, 0.25) is 0 Å². The minimum atomic E-state index is 0.715. The molecular weight excluding hydrogens is 300 g/mol. The fourth-order valence-corrected chi connectivity index (χ4v) is 2.26. The molecule has 1 aromatic rings. The number of benzene rings is 1. The van der Waals surface area contributed by atoms with Gasteiger partial charge >= 0.3 is 0 Å². The Morgan fingerprint density at radius 2 is 1.77 bits per heavy atom. The minimum Gasteiger partial charge on any atom is -0.493 e. The summed E-state index contributed by atoms with van der Waals surface area (Å²) in [5.74, 6) is 1.44. The van der Waals surface area contributed by atoms with Crippen molar-refractivity contribution >= 4 is 31.9 Å². The molecule has 72 valence electrons. The third-order valence-corrected chi connectivity index (χ3v) is 3.57. The molecule has 0 heterocycles. The van der Waals surface area contributed by atoms with Gasteiger partial charge in [0.05, 0.1) is 18.7 Å². The van der Waals surface area contributed by atoms with Crippen molar-refractivity contribution in [2.45, 2.75) is 6.92 Å². The predicted octanol–water partition coefficient (Wildman–Crippen LogP) is 3.54. The van der Waals surface area contributed by atoms with Crippen LogP contribution in [0, 0.1) is 6.92 Å². The van der Waals surface area contributed by atoms with E-state index < -0.39 is 0 Å². The summed E-state index contributed by atoms with van der Waals surface area (Å²) < 4.78 is 12.3. The lowest BCUT2D eigenvalue weighted by molar-refractivity contribution is 0.352. The number of ether oxygens (including phenoxy) is 2. The van der Waals surface area contributed by atoms with Crippen LogP contribution in [0.1, 0.15) is 5.56 Å². The van der Waals surface area contributed by atoms with Crippen molar-refractivity contribution in [2.24, 2.45) is 0 Å². The topological polar surface area (TPSA) is 18.5 Å². The smallest absolute Gasteiger partial charge is 0.175 e. The molecule has 0 aliphatic carbocycles. The predicted molar refractivity (Wildman–Crippen MR) is 59.7 cm³/mol. The second kappa shape index (κ2) is 4.33. The second-order valence-electron chi connectivity index (χ2n) is 2.53. The lowest BCUT2D eigenvalue weighted by Crippen LogP contribution is -1.93. The summed E-state index contributed by atoms with van der Waals surface area (Å²) in [5.41, 5.74) is 1.10. The van der Waals surface area contributed by atoms with Gasteiger partial charge in [-0.2, -0.15) is 0 Å². The molecule has 0 fully saturated rings. The average molecular weight is 310 g/mol. The van der Waals surface area contributed by atoms with E-state index in [1.54, 1.807) is 14.2 Å². The van der Waals surface area contributed by atoms with E-state index in [9.17, 15) is 0 Å². The Kier molecular flexibility index (Phi) is 3.62. The SMILES string of the molecule is COc1cc(Br)c(C)c(Br)c1OC. The number of rotatable bonds is 2. The van der Waals surface area contributed by atoms with Crippen LogP contribution in [-0.2, 0) is 0 Å². The maximum atomic E-state index is 5.21. The zero-order valence-electron chi connectivity index (χ0n) is 7.65. The second-order valence-corrected chi connectivity index (χ2v) is 4.18. The molecule has 1 rings (SSSR count). The molecule has 0 radical (unpaired) electrons. The fraction of sp³-hybridized carbons (Fsp3) is 0.333. The highest BCUT2D eigenvalue weighted by molar-refractivity contribution is 9.11. The molecule has 0 saturated carbocycles. The monoisotopic (exact) mass is 308 g/mol. The van der Waals surface area contributed by atoms with Crippen LogP contribution < -0.4 is 9.47 Å². The van der Waals surface area contributed by atoms with Crippen LogP contribution in [0.25, 0.3) is 0 Å². The zero-order chi connectivity index (χ0) is 10.0. The largest absolute Gasteiger partial charge is 0.493 e. The first-order valence-electron chi connectivity index (χ1n) is 3.68. The molecular formula is C9H10Br2O2. The van der Waals surface area contributed by atoms with Gasteiger partial charge in [0.15, 0.2) is 11.5 Å². The molecule has 0 aliphatic rings. The van der Waals surface area contributed by atoms with Crippen LogP contribution in [0.4, 0.5) is 0 Å². The third kappa shape index (κ3) is 1.99. The Balaban J connectivity index is 3.39. The summed E-state index contributed by atoms with van der Waals surface area (Å²) in [6, 6.07) is 1.89. The van der Waals surface area contributed by atoms with Crippen LogP contribution in [-0.4, -0.2) is 14.2 Å². The summed E-state index contributed by atoms with van der Waals surface area (Å²) >= 11 is 6.88. The summed E-state index contributed by atoms with van der Waals surface area (Å²) in [4.78, 5) is 0. The minimum absolute atomic E-state index is 0.715. The quantitative estimate of drug-likeness (QED) is 0.832. The van der Waals surface area contributed by atoms with Gasteiger partial charge in [-0.1, -0.05) is 15.9 Å². The van der Waals surface area contributed by atoms with Gasteiger partial charge in [-0.05, 0) is 34.5 Å². The van der Waals surface area contributed by atoms with E-state index in [0.29, 0.717) is 5.75 Å². The van der Waals surface area contributed by atoms with Crippen LogP contribution >= 0.6 is 31.9 Å². The molecule has 0 spiro atoms. The lowest BCUT2D eigenvalue weighted by atomic mass is 10.2. The van der Waals surface area contributed by atoms with E-state index in [4.69, 9.17) is 9.47 Å². The molecule has 0 N–H and O–H groups in total. The van der Waals surface area contributed by atoms with E-state index in [2.05, 4.69) is 31.9 Å². The molecule has 1 aromatic carbocycles. The standard InChI is InChI=1S/C9H10Br2O2/c1-5-6(10)4-7(12-2)9(13-3)8(5)11/h4H,1-3H3. The highest BCUT2D eigenvalue weighted by Gasteiger charge is 2.13. The molecule has 0 aliphatic heterocycles. The Hall–Kier alpha value is -0.220. The molecule has 0 atom stereocenters. The van der Waals surface area contributed by atoms with Gasteiger partial charge in [-0.15, -0.1) is 0 Å². The maximum Gasteiger partial charge on any atom is 0.175 e. The van der Waals surface area contributed by atoms with E-state index >= 15 is 0 Å². The molecule has 0 bridgehead atoms. The van der Waals surface area contributed by atoms with Gasteiger partial charge < -0.3 is 9.47 Å². The molecule has 13 heavy (non-hydrogen) atoms. The summed E-state index contributed by atoms with van der Waals surface area (Å²) in [6.07, 6.45) is 0. The molecule has 0 aromatic heterocycles. The normalized spacial score (nSPS) is 9.92. The molecule has 0 amide bonds. The molecule has 2 nitrogen and oxygen atoms in total. The van der Waals surface area contributed by atoms with Crippen LogP contribution in [0.15, 0.2) is 15.0 Å².